The number of thioether (sulfide) groups is 1. The van der Waals surface area contributed by atoms with E-state index in [-0.39, 0.29) is 5.56 Å². The fourth-order valence-electron chi connectivity index (χ4n) is 3.38. The number of nitrogens with one attached hydrogen (secondary N) is 1. The minimum Gasteiger partial charge on any atom is -0.301 e. The fraction of sp³-hybridized carbons (Fsp3) is 0.238. The van der Waals surface area contributed by atoms with Crippen molar-refractivity contribution in [1.82, 2.24) is 19.9 Å². The van der Waals surface area contributed by atoms with Gasteiger partial charge in [0.1, 0.15) is 0 Å². The number of nitriles is 1. The number of aromatic nitrogens is 3. The number of hydrogen-bond acceptors (Lipinski definition) is 6. The molecular weight excluding hydrogens is 370 g/mol. The van der Waals surface area contributed by atoms with E-state index in [1.54, 1.807) is 6.07 Å². The molecule has 140 valence electrons. The van der Waals surface area contributed by atoms with E-state index in [1.165, 1.54) is 11.8 Å². The molecule has 6 nitrogen and oxygen atoms in total. The molecule has 1 aromatic carbocycles. The molecule has 0 fully saturated rings. The van der Waals surface area contributed by atoms with Gasteiger partial charge in [0.05, 0.1) is 28.6 Å². The van der Waals surface area contributed by atoms with Gasteiger partial charge in [0, 0.05) is 37.8 Å². The molecule has 1 aliphatic rings. The van der Waals surface area contributed by atoms with E-state index < -0.39 is 0 Å². The fourth-order valence-corrected chi connectivity index (χ4v) is 3.78. The average molecular weight is 389 g/mol. The van der Waals surface area contributed by atoms with E-state index >= 15 is 0 Å². The van der Waals surface area contributed by atoms with E-state index in [4.69, 9.17) is 5.26 Å². The predicted molar refractivity (Wildman–Crippen MR) is 109 cm³/mol. The van der Waals surface area contributed by atoms with Crippen molar-refractivity contribution in [3.05, 3.63) is 75.3 Å². The monoisotopic (exact) mass is 389 g/mol. The van der Waals surface area contributed by atoms with Crippen LogP contribution in [0.1, 0.15) is 22.4 Å². The molecule has 3 heterocycles. The first kappa shape index (κ1) is 18.4. The first-order valence-corrected chi connectivity index (χ1v) is 10.2. The van der Waals surface area contributed by atoms with Crippen molar-refractivity contribution in [1.29, 1.82) is 5.26 Å². The van der Waals surface area contributed by atoms with Crippen LogP contribution in [0.3, 0.4) is 0 Å². The normalized spacial score (nSPS) is 13.7. The van der Waals surface area contributed by atoms with Gasteiger partial charge in [-0.1, -0.05) is 30.0 Å². The van der Waals surface area contributed by atoms with Gasteiger partial charge in [-0.2, -0.15) is 5.26 Å². The minimum atomic E-state index is -0.0371. The first-order valence-electron chi connectivity index (χ1n) is 9.00. The Labute approximate surface area is 167 Å². The van der Waals surface area contributed by atoms with Gasteiger partial charge in [-0.15, -0.1) is 0 Å². The van der Waals surface area contributed by atoms with Gasteiger partial charge in [0.2, 0.25) is 0 Å². The van der Waals surface area contributed by atoms with Crippen LogP contribution in [-0.4, -0.2) is 32.7 Å². The molecule has 4 rings (SSSR count). The van der Waals surface area contributed by atoms with Crippen LogP contribution in [0, 0.1) is 11.3 Å². The lowest BCUT2D eigenvalue weighted by molar-refractivity contribution is 0.240. The molecule has 0 saturated heterocycles. The molecular formula is C21H19N5OS. The van der Waals surface area contributed by atoms with Gasteiger partial charge in [-0.05, 0) is 30.0 Å². The summed E-state index contributed by atoms with van der Waals surface area (Å²) in [5, 5.41) is 9.73. The highest BCUT2D eigenvalue weighted by atomic mass is 32.2. The number of nitrogens with zero attached hydrogens (tertiary/aromatic N) is 4. The maximum atomic E-state index is 12.3. The largest absolute Gasteiger partial charge is 0.301 e. The summed E-state index contributed by atoms with van der Waals surface area (Å²) in [6.45, 7) is 2.19. The molecule has 1 aliphatic heterocycles. The quantitative estimate of drug-likeness (QED) is 0.545. The Balaban J connectivity index is 1.48. The van der Waals surface area contributed by atoms with Crippen LogP contribution < -0.4 is 5.56 Å². The highest BCUT2D eigenvalue weighted by molar-refractivity contribution is 7.98. The summed E-state index contributed by atoms with van der Waals surface area (Å²) < 4.78 is 0. The van der Waals surface area contributed by atoms with Gasteiger partial charge in [-0.3, -0.25) is 14.7 Å². The molecule has 0 bridgehead atoms. The zero-order valence-corrected chi connectivity index (χ0v) is 16.3. The molecule has 0 spiro atoms. The van der Waals surface area contributed by atoms with E-state index in [2.05, 4.69) is 32.0 Å². The third-order valence-electron chi connectivity index (χ3n) is 4.84. The molecule has 0 amide bonds. The average Bonchev–Trinajstić information content (AvgIpc) is 2.74. The van der Waals surface area contributed by atoms with Crippen molar-refractivity contribution >= 4 is 11.8 Å². The number of hydrogen-bond donors (Lipinski definition) is 1. The Bertz CT molecular complexity index is 1100. The Kier molecular flexibility index (Phi) is 5.24. The van der Waals surface area contributed by atoms with Gasteiger partial charge in [0.25, 0.3) is 5.56 Å². The second-order valence-corrected chi connectivity index (χ2v) is 7.50. The summed E-state index contributed by atoms with van der Waals surface area (Å²) in [5.41, 5.74) is 5.13. The zero-order chi connectivity index (χ0) is 19.5. The SMILES string of the molecule is CSc1nc2c(c(=O)[nH]1)CN(Cc1ccc(-c3cccc(C#N)c3)nc1)CC2. The van der Waals surface area contributed by atoms with Crippen LogP contribution >= 0.6 is 11.8 Å². The standard InChI is InChI=1S/C21H19N5OS/c1-28-21-24-19-7-8-26(13-17(19)20(27)25-21)12-15-5-6-18(23-11-15)16-4-2-3-14(9-16)10-22/h2-6,9,11H,7-8,12-13H2,1H3,(H,24,25,27). The summed E-state index contributed by atoms with van der Waals surface area (Å²) in [5.74, 6) is 0. The Morgan fingerprint density at radius 3 is 2.96 bits per heavy atom. The number of benzene rings is 1. The van der Waals surface area contributed by atoms with E-state index in [0.29, 0.717) is 17.3 Å². The van der Waals surface area contributed by atoms with Crippen LogP contribution in [0.25, 0.3) is 11.3 Å². The van der Waals surface area contributed by atoms with Crippen molar-refractivity contribution in [3.8, 4) is 17.3 Å². The molecule has 3 aromatic rings. The van der Waals surface area contributed by atoms with Crippen molar-refractivity contribution in [3.63, 3.8) is 0 Å². The van der Waals surface area contributed by atoms with Crippen LogP contribution in [-0.2, 0) is 19.5 Å². The molecule has 0 aliphatic carbocycles. The highest BCUT2D eigenvalue weighted by Gasteiger charge is 2.21. The maximum Gasteiger partial charge on any atom is 0.256 e. The summed E-state index contributed by atoms with van der Waals surface area (Å²) >= 11 is 1.45. The summed E-state index contributed by atoms with van der Waals surface area (Å²) in [7, 11) is 0. The number of aromatic amines is 1. The van der Waals surface area contributed by atoms with Gasteiger partial charge in [0.15, 0.2) is 5.16 Å². The maximum absolute atomic E-state index is 12.3. The third kappa shape index (κ3) is 3.84. The van der Waals surface area contributed by atoms with Crippen molar-refractivity contribution in [2.45, 2.75) is 24.7 Å². The summed E-state index contributed by atoms with van der Waals surface area (Å²) in [4.78, 5) is 26.5. The molecule has 0 radical (unpaired) electrons. The van der Waals surface area contributed by atoms with Gasteiger partial charge in [-0.25, -0.2) is 4.98 Å². The third-order valence-corrected chi connectivity index (χ3v) is 5.42. The molecule has 0 saturated carbocycles. The molecule has 0 atom stereocenters. The Hall–Kier alpha value is -2.95. The van der Waals surface area contributed by atoms with Crippen LogP contribution in [0.4, 0.5) is 0 Å². The lowest BCUT2D eigenvalue weighted by Gasteiger charge is -2.27. The second kappa shape index (κ2) is 7.97. The predicted octanol–water partition coefficient (Wildman–Crippen LogP) is 2.98. The Morgan fingerprint density at radius 2 is 2.21 bits per heavy atom. The molecule has 28 heavy (non-hydrogen) atoms. The van der Waals surface area contributed by atoms with Crippen LogP contribution in [0.5, 0.6) is 0 Å². The van der Waals surface area contributed by atoms with E-state index in [0.717, 1.165) is 47.6 Å². The zero-order valence-electron chi connectivity index (χ0n) is 15.5. The Morgan fingerprint density at radius 1 is 1.32 bits per heavy atom. The minimum absolute atomic E-state index is 0.0371. The lowest BCUT2D eigenvalue weighted by Crippen LogP contribution is -2.35. The molecule has 7 heteroatoms. The first-order chi connectivity index (χ1) is 13.7. The smallest absolute Gasteiger partial charge is 0.256 e. The molecule has 0 unspecified atom stereocenters. The van der Waals surface area contributed by atoms with Gasteiger partial charge >= 0.3 is 0 Å². The number of fused-ring (bicyclic) bond motifs is 1. The summed E-state index contributed by atoms with van der Waals surface area (Å²) in [6.07, 6.45) is 4.55. The number of pyridine rings is 1. The van der Waals surface area contributed by atoms with E-state index in [9.17, 15) is 4.79 Å². The van der Waals surface area contributed by atoms with E-state index in [1.807, 2.05) is 36.7 Å². The van der Waals surface area contributed by atoms with Crippen molar-refractivity contribution in [2.24, 2.45) is 0 Å². The van der Waals surface area contributed by atoms with Gasteiger partial charge < -0.3 is 4.98 Å². The lowest BCUT2D eigenvalue weighted by atomic mass is 10.1. The number of rotatable bonds is 4. The van der Waals surface area contributed by atoms with Crippen molar-refractivity contribution < 1.29 is 0 Å². The molecule has 1 N–H and O–H groups in total. The topological polar surface area (TPSA) is 85.7 Å². The second-order valence-electron chi connectivity index (χ2n) is 6.71. The van der Waals surface area contributed by atoms with Crippen LogP contribution in [0.15, 0.2) is 52.5 Å². The summed E-state index contributed by atoms with van der Waals surface area (Å²) in [6, 6.07) is 13.6. The van der Waals surface area contributed by atoms with Crippen LogP contribution in [0.2, 0.25) is 0 Å². The van der Waals surface area contributed by atoms with Crippen molar-refractivity contribution in [2.75, 3.05) is 12.8 Å². The highest BCUT2D eigenvalue weighted by Crippen LogP contribution is 2.21. The molecule has 2 aromatic heterocycles. The number of H-pyrrole nitrogens is 1.